The topological polar surface area (TPSA) is 42.7 Å². The van der Waals surface area contributed by atoms with Gasteiger partial charge in [0, 0.05) is 25.0 Å². The highest BCUT2D eigenvalue weighted by Crippen LogP contribution is 2.18. The number of nitrogens with one attached hydrogen (secondary N) is 1. The highest BCUT2D eigenvalue weighted by Gasteiger charge is 2.15. The lowest BCUT2D eigenvalue weighted by Crippen LogP contribution is -2.23. The standard InChI is InChI=1S/C12H18N4S/c1-4-13-12(11-5-6-16(3)15-11)7-10-8-17-9(2)14-10/h5-6,8,12-13H,4,7H2,1-3H3. The first-order chi connectivity index (χ1) is 8.19. The van der Waals surface area contributed by atoms with Gasteiger partial charge < -0.3 is 5.32 Å². The number of aromatic nitrogens is 3. The van der Waals surface area contributed by atoms with Crippen LogP contribution in [0.3, 0.4) is 0 Å². The van der Waals surface area contributed by atoms with Crippen molar-refractivity contribution in [1.82, 2.24) is 20.1 Å². The average molecular weight is 250 g/mol. The van der Waals surface area contributed by atoms with Crippen LogP contribution in [0.4, 0.5) is 0 Å². The van der Waals surface area contributed by atoms with Crippen molar-refractivity contribution in [3.8, 4) is 0 Å². The van der Waals surface area contributed by atoms with Gasteiger partial charge in [0.05, 0.1) is 22.4 Å². The third kappa shape index (κ3) is 3.14. The summed E-state index contributed by atoms with van der Waals surface area (Å²) in [6, 6.07) is 2.31. The van der Waals surface area contributed by atoms with E-state index in [0.717, 1.165) is 29.4 Å². The summed E-state index contributed by atoms with van der Waals surface area (Å²) in [6.07, 6.45) is 2.88. The van der Waals surface area contributed by atoms with Crippen molar-refractivity contribution in [3.63, 3.8) is 0 Å². The maximum absolute atomic E-state index is 4.51. The summed E-state index contributed by atoms with van der Waals surface area (Å²) in [5.74, 6) is 0. The van der Waals surface area contributed by atoms with Crippen LogP contribution in [0.15, 0.2) is 17.6 Å². The van der Waals surface area contributed by atoms with Crippen LogP contribution in [-0.2, 0) is 13.5 Å². The van der Waals surface area contributed by atoms with E-state index in [1.165, 1.54) is 0 Å². The van der Waals surface area contributed by atoms with Crippen molar-refractivity contribution in [2.75, 3.05) is 6.54 Å². The quantitative estimate of drug-likeness (QED) is 0.883. The fraction of sp³-hybridized carbons (Fsp3) is 0.500. The van der Waals surface area contributed by atoms with Gasteiger partial charge in [-0.25, -0.2) is 4.98 Å². The molecule has 17 heavy (non-hydrogen) atoms. The molecule has 1 atom stereocenters. The molecule has 2 aromatic heterocycles. The molecule has 0 bridgehead atoms. The van der Waals surface area contributed by atoms with Crippen molar-refractivity contribution in [3.05, 3.63) is 34.0 Å². The van der Waals surface area contributed by atoms with E-state index < -0.39 is 0 Å². The fourth-order valence-corrected chi connectivity index (χ4v) is 2.48. The zero-order chi connectivity index (χ0) is 12.3. The number of nitrogens with zero attached hydrogens (tertiary/aromatic N) is 3. The molecule has 92 valence electrons. The van der Waals surface area contributed by atoms with E-state index in [9.17, 15) is 0 Å². The Labute approximate surface area is 106 Å². The maximum atomic E-state index is 4.51. The largest absolute Gasteiger partial charge is 0.309 e. The van der Waals surface area contributed by atoms with Gasteiger partial charge in [0.1, 0.15) is 0 Å². The van der Waals surface area contributed by atoms with Gasteiger partial charge in [-0.1, -0.05) is 6.92 Å². The maximum Gasteiger partial charge on any atom is 0.0897 e. The van der Waals surface area contributed by atoms with Crippen molar-refractivity contribution in [2.24, 2.45) is 7.05 Å². The van der Waals surface area contributed by atoms with Crippen molar-refractivity contribution >= 4 is 11.3 Å². The van der Waals surface area contributed by atoms with Crippen molar-refractivity contribution in [2.45, 2.75) is 26.3 Å². The highest BCUT2D eigenvalue weighted by molar-refractivity contribution is 7.09. The normalized spacial score (nSPS) is 12.9. The van der Waals surface area contributed by atoms with Gasteiger partial charge in [0.2, 0.25) is 0 Å². The minimum atomic E-state index is 0.252. The molecule has 2 heterocycles. The molecule has 2 aromatic rings. The van der Waals surface area contributed by atoms with Gasteiger partial charge in [-0.05, 0) is 19.5 Å². The SMILES string of the molecule is CCNC(Cc1csc(C)n1)c1ccn(C)n1. The number of likely N-dealkylation sites (N-methyl/N-ethyl adjacent to an activating group) is 1. The van der Waals surface area contributed by atoms with Crippen LogP contribution in [0.1, 0.15) is 29.4 Å². The summed E-state index contributed by atoms with van der Waals surface area (Å²) in [5.41, 5.74) is 2.23. The van der Waals surface area contributed by atoms with E-state index in [1.54, 1.807) is 11.3 Å². The van der Waals surface area contributed by atoms with Crippen LogP contribution in [0.2, 0.25) is 0 Å². The van der Waals surface area contributed by atoms with Crippen molar-refractivity contribution in [1.29, 1.82) is 0 Å². The molecule has 2 rings (SSSR count). The molecule has 0 aliphatic heterocycles. The van der Waals surface area contributed by atoms with E-state index >= 15 is 0 Å². The van der Waals surface area contributed by atoms with Gasteiger partial charge in [-0.2, -0.15) is 5.10 Å². The third-order valence-electron chi connectivity index (χ3n) is 2.62. The Hall–Kier alpha value is -1.20. The first kappa shape index (κ1) is 12.3. The Balaban J connectivity index is 2.12. The summed E-state index contributed by atoms with van der Waals surface area (Å²) < 4.78 is 1.84. The molecule has 0 aromatic carbocycles. The summed E-state index contributed by atoms with van der Waals surface area (Å²) in [4.78, 5) is 4.51. The van der Waals surface area contributed by atoms with Crippen molar-refractivity contribution < 1.29 is 0 Å². The van der Waals surface area contributed by atoms with Crippen LogP contribution in [-0.4, -0.2) is 21.3 Å². The molecule has 5 heteroatoms. The van der Waals surface area contributed by atoms with E-state index in [4.69, 9.17) is 0 Å². The van der Waals surface area contributed by atoms with Crippen LogP contribution < -0.4 is 5.32 Å². The number of thiazole rings is 1. The van der Waals surface area contributed by atoms with E-state index in [1.807, 2.05) is 24.9 Å². The van der Waals surface area contributed by atoms with Gasteiger partial charge in [0.25, 0.3) is 0 Å². The minimum absolute atomic E-state index is 0.252. The molecule has 0 saturated carbocycles. The second-order valence-electron chi connectivity index (χ2n) is 4.09. The molecule has 0 fully saturated rings. The lowest BCUT2D eigenvalue weighted by atomic mass is 10.1. The molecule has 0 radical (unpaired) electrons. The Morgan fingerprint density at radius 3 is 2.88 bits per heavy atom. The molecule has 0 saturated heterocycles. The molecule has 0 aliphatic carbocycles. The molecular formula is C12H18N4S. The van der Waals surface area contributed by atoms with Crippen LogP contribution in [0, 0.1) is 6.92 Å². The number of hydrogen-bond donors (Lipinski definition) is 1. The Morgan fingerprint density at radius 1 is 1.53 bits per heavy atom. The zero-order valence-corrected chi connectivity index (χ0v) is 11.3. The summed E-state index contributed by atoms with van der Waals surface area (Å²) in [7, 11) is 1.94. The van der Waals surface area contributed by atoms with Crippen LogP contribution in [0.25, 0.3) is 0 Å². The first-order valence-electron chi connectivity index (χ1n) is 5.83. The van der Waals surface area contributed by atoms with Crippen LogP contribution in [0.5, 0.6) is 0 Å². The predicted molar refractivity (Wildman–Crippen MR) is 70.2 cm³/mol. The molecular weight excluding hydrogens is 232 g/mol. The van der Waals surface area contributed by atoms with Gasteiger partial charge in [0.15, 0.2) is 0 Å². The second-order valence-corrected chi connectivity index (χ2v) is 5.15. The van der Waals surface area contributed by atoms with E-state index in [2.05, 4.69) is 33.8 Å². The molecule has 1 unspecified atom stereocenters. The Morgan fingerprint density at radius 2 is 2.35 bits per heavy atom. The van der Waals surface area contributed by atoms with Gasteiger partial charge >= 0.3 is 0 Å². The number of hydrogen-bond acceptors (Lipinski definition) is 4. The monoisotopic (exact) mass is 250 g/mol. The summed E-state index contributed by atoms with van der Waals surface area (Å²) in [5, 5.41) is 11.2. The molecule has 0 amide bonds. The highest BCUT2D eigenvalue weighted by atomic mass is 32.1. The number of rotatable bonds is 5. The molecule has 1 N–H and O–H groups in total. The number of aryl methyl sites for hydroxylation is 2. The summed E-state index contributed by atoms with van der Waals surface area (Å²) >= 11 is 1.70. The van der Waals surface area contributed by atoms with E-state index in [-0.39, 0.29) is 6.04 Å². The van der Waals surface area contributed by atoms with Gasteiger partial charge in [-0.15, -0.1) is 11.3 Å². The second kappa shape index (κ2) is 5.42. The lowest BCUT2D eigenvalue weighted by molar-refractivity contribution is 0.523. The molecule has 4 nitrogen and oxygen atoms in total. The zero-order valence-electron chi connectivity index (χ0n) is 10.5. The van der Waals surface area contributed by atoms with Crippen LogP contribution >= 0.6 is 11.3 Å². The average Bonchev–Trinajstić information content (AvgIpc) is 2.87. The predicted octanol–water partition coefficient (Wildman–Crippen LogP) is 2.08. The first-order valence-corrected chi connectivity index (χ1v) is 6.71. The molecule has 0 aliphatic rings. The molecule has 0 spiro atoms. The Bertz CT molecular complexity index is 474. The van der Waals surface area contributed by atoms with Gasteiger partial charge in [-0.3, -0.25) is 4.68 Å². The third-order valence-corrected chi connectivity index (χ3v) is 3.44. The lowest BCUT2D eigenvalue weighted by Gasteiger charge is -2.14. The van der Waals surface area contributed by atoms with E-state index in [0.29, 0.717) is 0 Å². The fourth-order valence-electron chi connectivity index (χ4n) is 1.86. The Kier molecular flexibility index (Phi) is 3.91. The smallest absolute Gasteiger partial charge is 0.0897 e. The summed E-state index contributed by atoms with van der Waals surface area (Å²) in [6.45, 7) is 5.09. The minimum Gasteiger partial charge on any atom is -0.309 e.